The van der Waals surface area contributed by atoms with Gasteiger partial charge in [0.2, 0.25) is 0 Å². The molecule has 70 valence electrons. The summed E-state index contributed by atoms with van der Waals surface area (Å²) in [7, 11) is 0. The van der Waals surface area contributed by atoms with Crippen molar-refractivity contribution < 1.29 is 9.48 Å². The summed E-state index contributed by atoms with van der Waals surface area (Å²) in [5.41, 5.74) is 0.691. The molecule has 0 aliphatic carbocycles. The molecule has 1 unspecified atom stereocenters. The van der Waals surface area contributed by atoms with Crippen LogP contribution in [0.4, 0.5) is 5.82 Å². The molecule has 0 amide bonds. The van der Waals surface area contributed by atoms with Crippen molar-refractivity contribution in [2.75, 3.05) is 5.75 Å². The van der Waals surface area contributed by atoms with Crippen molar-refractivity contribution in [3.63, 3.8) is 0 Å². The van der Waals surface area contributed by atoms with Crippen LogP contribution in [0.5, 0.6) is 0 Å². The van der Waals surface area contributed by atoms with Gasteiger partial charge in [-0.05, 0) is 16.1 Å². The molecule has 0 bridgehead atoms. The molecule has 0 saturated carbocycles. The Kier molecular flexibility index (Phi) is 1.97. The van der Waals surface area contributed by atoms with Gasteiger partial charge in [-0.3, -0.25) is 0 Å². The fraction of sp³-hybridized carbons (Fsp3) is 0.500. The molecule has 1 atom stereocenters. The van der Waals surface area contributed by atoms with Crippen molar-refractivity contribution in [1.29, 1.82) is 0 Å². The minimum atomic E-state index is -0.885. The Morgan fingerprint density at radius 3 is 3.15 bits per heavy atom. The predicted molar refractivity (Wildman–Crippen MR) is 45.6 cm³/mol. The van der Waals surface area contributed by atoms with Gasteiger partial charge >= 0.3 is 5.82 Å². The van der Waals surface area contributed by atoms with E-state index in [4.69, 9.17) is 0 Å². The van der Waals surface area contributed by atoms with Crippen LogP contribution < -0.4 is 0 Å². The molecule has 0 saturated heterocycles. The summed E-state index contributed by atoms with van der Waals surface area (Å²) >= 11 is -0.885. The van der Waals surface area contributed by atoms with Gasteiger partial charge in [-0.2, -0.15) is 4.68 Å². The molecule has 0 N–H and O–H groups in total. The number of hydrogen-bond donors (Lipinski definition) is 0. The highest BCUT2D eigenvalue weighted by Gasteiger charge is 2.26. The van der Waals surface area contributed by atoms with E-state index in [1.165, 1.54) is 6.07 Å². The van der Waals surface area contributed by atoms with Gasteiger partial charge in [0.1, 0.15) is 23.7 Å². The van der Waals surface area contributed by atoms with Crippen LogP contribution in [-0.4, -0.2) is 25.0 Å². The molecular weight excluding hydrogens is 194 g/mol. The summed E-state index contributed by atoms with van der Waals surface area (Å²) in [5.74, 6) is 0.751. The fourth-order valence-electron chi connectivity index (χ4n) is 1.26. The van der Waals surface area contributed by atoms with Crippen molar-refractivity contribution in [3.05, 3.63) is 21.9 Å². The number of nitrogens with zero attached hydrogens (tertiary/aromatic N) is 3. The Bertz CT molecular complexity index is 351. The topological polar surface area (TPSA) is 84.0 Å². The standard InChI is InChI=1S/C6H7N3O3S/c10-9(11)6-3-5-4-13(12)2-1-8(5)7-6/h3H,1-2,4H2. The van der Waals surface area contributed by atoms with Crippen LogP contribution in [0.25, 0.3) is 0 Å². The number of rotatable bonds is 1. The summed E-state index contributed by atoms with van der Waals surface area (Å²) in [4.78, 5) is 9.82. The van der Waals surface area contributed by atoms with E-state index in [-0.39, 0.29) is 5.82 Å². The van der Waals surface area contributed by atoms with Crippen molar-refractivity contribution in [3.8, 4) is 0 Å². The molecule has 1 aliphatic heterocycles. The van der Waals surface area contributed by atoms with Gasteiger partial charge in [-0.25, -0.2) is 0 Å². The van der Waals surface area contributed by atoms with Crippen LogP contribution in [0.15, 0.2) is 6.07 Å². The maximum absolute atomic E-state index is 11.1. The Balaban J connectivity index is 2.33. The Morgan fingerprint density at radius 2 is 2.46 bits per heavy atom. The lowest BCUT2D eigenvalue weighted by atomic mass is 10.4. The second-order valence-corrected chi connectivity index (χ2v) is 4.34. The van der Waals surface area contributed by atoms with E-state index in [1.807, 2.05) is 0 Å². The van der Waals surface area contributed by atoms with Crippen LogP contribution >= 0.6 is 0 Å². The summed E-state index contributed by atoms with van der Waals surface area (Å²) in [6.07, 6.45) is 0. The first-order valence-electron chi connectivity index (χ1n) is 3.73. The number of hydrogen-bond acceptors (Lipinski definition) is 4. The van der Waals surface area contributed by atoms with Gasteiger partial charge in [0, 0.05) is 0 Å². The van der Waals surface area contributed by atoms with Gasteiger partial charge in [-0.15, -0.1) is 0 Å². The minimum Gasteiger partial charge on any atom is -0.616 e. The highest BCUT2D eigenvalue weighted by molar-refractivity contribution is 7.90. The lowest BCUT2D eigenvalue weighted by Gasteiger charge is -2.14. The maximum atomic E-state index is 11.1. The third kappa shape index (κ3) is 1.52. The molecule has 0 fully saturated rings. The highest BCUT2D eigenvalue weighted by Crippen LogP contribution is 2.18. The second kappa shape index (κ2) is 3.00. The smallest absolute Gasteiger partial charge is 0.390 e. The Labute approximate surface area is 76.9 Å². The molecule has 7 heteroatoms. The van der Waals surface area contributed by atoms with Crippen molar-refractivity contribution in [1.82, 2.24) is 9.78 Å². The highest BCUT2D eigenvalue weighted by atomic mass is 32.2. The molecule has 2 heterocycles. The summed E-state index contributed by atoms with van der Waals surface area (Å²) in [5, 5.41) is 14.1. The minimum absolute atomic E-state index is 0.158. The number of aryl methyl sites for hydroxylation is 1. The monoisotopic (exact) mass is 201 g/mol. The maximum Gasteiger partial charge on any atom is 0.390 e. The summed E-state index contributed by atoms with van der Waals surface area (Å²) in [6.45, 7) is 0.510. The molecule has 6 nitrogen and oxygen atoms in total. The first-order chi connectivity index (χ1) is 6.16. The van der Waals surface area contributed by atoms with Crippen LogP contribution in [0.3, 0.4) is 0 Å². The van der Waals surface area contributed by atoms with Gasteiger partial charge in [0.05, 0.1) is 11.2 Å². The van der Waals surface area contributed by atoms with Crippen molar-refractivity contribution >= 4 is 17.0 Å². The zero-order valence-corrected chi connectivity index (χ0v) is 7.49. The average Bonchev–Trinajstić information content (AvgIpc) is 2.46. The lowest BCUT2D eigenvalue weighted by Crippen LogP contribution is -2.24. The largest absolute Gasteiger partial charge is 0.616 e. The summed E-state index contributed by atoms with van der Waals surface area (Å²) in [6, 6.07) is 1.39. The SMILES string of the molecule is O=[N+]([O-])c1cc2n(n1)CC[S+]([O-])C2. The van der Waals surface area contributed by atoms with Gasteiger partial charge in [0.15, 0.2) is 0 Å². The van der Waals surface area contributed by atoms with Crippen LogP contribution in [0.1, 0.15) is 5.69 Å². The van der Waals surface area contributed by atoms with Gasteiger partial charge in [-0.1, -0.05) is 0 Å². The third-order valence-corrected chi connectivity index (χ3v) is 3.13. The quantitative estimate of drug-likeness (QED) is 0.365. The molecule has 1 aliphatic rings. The molecule has 2 rings (SSSR count). The molecule has 13 heavy (non-hydrogen) atoms. The van der Waals surface area contributed by atoms with E-state index < -0.39 is 16.1 Å². The molecular formula is C6H7N3O3S. The second-order valence-electron chi connectivity index (χ2n) is 2.76. The van der Waals surface area contributed by atoms with Gasteiger partial charge in [0.25, 0.3) is 0 Å². The van der Waals surface area contributed by atoms with Crippen molar-refractivity contribution in [2.45, 2.75) is 12.3 Å². The van der Waals surface area contributed by atoms with E-state index in [0.717, 1.165) is 0 Å². The number of fused-ring (bicyclic) bond motifs is 1. The van der Waals surface area contributed by atoms with E-state index in [9.17, 15) is 14.7 Å². The van der Waals surface area contributed by atoms with Crippen molar-refractivity contribution in [2.24, 2.45) is 0 Å². The zero-order chi connectivity index (χ0) is 9.42. The molecule has 1 aromatic heterocycles. The zero-order valence-electron chi connectivity index (χ0n) is 6.67. The molecule has 1 aromatic rings. The van der Waals surface area contributed by atoms with Gasteiger partial charge < -0.3 is 14.7 Å². The lowest BCUT2D eigenvalue weighted by molar-refractivity contribution is -0.389. The normalized spacial score (nSPS) is 21.2. The molecule has 0 aromatic carbocycles. The first-order valence-corrected chi connectivity index (χ1v) is 5.22. The Morgan fingerprint density at radius 1 is 1.69 bits per heavy atom. The number of aromatic nitrogens is 2. The molecule has 0 spiro atoms. The molecule has 0 radical (unpaired) electrons. The van der Waals surface area contributed by atoms with Crippen LogP contribution in [0, 0.1) is 10.1 Å². The first kappa shape index (κ1) is 8.52. The van der Waals surface area contributed by atoms with E-state index >= 15 is 0 Å². The van der Waals surface area contributed by atoms with Crippen LogP contribution in [0.2, 0.25) is 0 Å². The van der Waals surface area contributed by atoms with Crippen LogP contribution in [-0.2, 0) is 23.5 Å². The Hall–Kier alpha value is -1.08. The third-order valence-electron chi connectivity index (χ3n) is 1.88. The van der Waals surface area contributed by atoms with E-state index in [1.54, 1.807) is 4.68 Å². The number of nitro groups is 1. The van der Waals surface area contributed by atoms with E-state index in [2.05, 4.69) is 5.10 Å². The van der Waals surface area contributed by atoms with E-state index in [0.29, 0.717) is 23.7 Å². The average molecular weight is 201 g/mol. The summed E-state index contributed by atoms with van der Waals surface area (Å²) < 4.78 is 12.7. The predicted octanol–water partition coefficient (Wildman–Crippen LogP) is 0.0536. The fourth-order valence-corrected chi connectivity index (χ4v) is 2.35.